The molecule has 402 valence electrons. The van der Waals surface area contributed by atoms with Gasteiger partial charge < -0.3 is 14.2 Å². The third-order valence-corrected chi connectivity index (χ3v) is 12.0. The number of esters is 3. The smallest absolute Gasteiger partial charge is 0.306 e. The summed E-state index contributed by atoms with van der Waals surface area (Å²) in [5, 5.41) is 0. The average molecular weight is 984 g/mol. The molecule has 0 fully saturated rings. The van der Waals surface area contributed by atoms with Gasteiger partial charge >= 0.3 is 17.9 Å². The largest absolute Gasteiger partial charge is 0.462 e. The van der Waals surface area contributed by atoms with E-state index in [4.69, 9.17) is 14.2 Å². The van der Waals surface area contributed by atoms with E-state index in [1.165, 1.54) is 57.8 Å². The number of carbonyl (C=O) groups is 3. The molecule has 1 unspecified atom stereocenters. The quantitative estimate of drug-likeness (QED) is 0.0261. The van der Waals surface area contributed by atoms with Crippen molar-refractivity contribution < 1.29 is 28.6 Å². The van der Waals surface area contributed by atoms with Crippen LogP contribution < -0.4 is 0 Å². The van der Waals surface area contributed by atoms with Crippen molar-refractivity contribution >= 4 is 17.9 Å². The van der Waals surface area contributed by atoms with E-state index in [1.807, 2.05) is 0 Å². The molecular formula is C65H106O6. The molecule has 0 aromatic rings. The minimum Gasteiger partial charge on any atom is -0.462 e. The maximum Gasteiger partial charge on any atom is 0.306 e. The van der Waals surface area contributed by atoms with E-state index in [9.17, 15) is 14.4 Å². The molecular weight excluding hydrogens is 877 g/mol. The Hall–Kier alpha value is -4.19. The first-order valence-corrected chi connectivity index (χ1v) is 29.0. The standard InChI is InChI=1S/C65H106O6/c1-4-7-10-13-15-17-19-21-23-25-27-29-30-31-32-33-34-36-37-39-41-43-45-47-49-52-55-58-64(67)70-61-62(60-69-63(66)57-54-51-12-9-6-3)71-65(68)59-56-53-50-48-46-44-42-40-38-35-28-26-24-22-20-18-16-14-11-8-5-2/h7-8,10-11,15-18,21-24,27-29,31-32,35,40,42,62H,4-6,9,12-14,19-20,25-26,30,33-34,36-39,41,43-61H2,1-3H3/b10-7-,11-8-,17-15-,18-16-,23-21-,24-22-,29-27-,32-31-,35-28-,42-40-. The van der Waals surface area contributed by atoms with Gasteiger partial charge in [0.05, 0.1) is 0 Å². The van der Waals surface area contributed by atoms with Crippen LogP contribution in [0.15, 0.2) is 122 Å². The van der Waals surface area contributed by atoms with Crippen molar-refractivity contribution in [2.45, 2.75) is 258 Å². The van der Waals surface area contributed by atoms with Gasteiger partial charge in [-0.25, -0.2) is 0 Å². The molecule has 0 N–H and O–H groups in total. The van der Waals surface area contributed by atoms with E-state index in [1.54, 1.807) is 0 Å². The lowest BCUT2D eigenvalue weighted by Gasteiger charge is -2.18. The molecule has 0 heterocycles. The lowest BCUT2D eigenvalue weighted by Crippen LogP contribution is -2.30. The fourth-order valence-corrected chi connectivity index (χ4v) is 7.67. The van der Waals surface area contributed by atoms with Gasteiger partial charge in [0.2, 0.25) is 0 Å². The van der Waals surface area contributed by atoms with Crippen LogP contribution in [0.4, 0.5) is 0 Å². The Morgan fingerprint density at radius 3 is 0.859 bits per heavy atom. The third kappa shape index (κ3) is 56.6. The van der Waals surface area contributed by atoms with Crippen LogP contribution in [0.3, 0.4) is 0 Å². The first-order chi connectivity index (χ1) is 35.0. The molecule has 0 aliphatic rings. The van der Waals surface area contributed by atoms with Crippen molar-refractivity contribution in [3.63, 3.8) is 0 Å². The van der Waals surface area contributed by atoms with Crippen molar-refractivity contribution in [1.82, 2.24) is 0 Å². The molecule has 0 spiro atoms. The summed E-state index contributed by atoms with van der Waals surface area (Å²) in [7, 11) is 0. The van der Waals surface area contributed by atoms with E-state index in [2.05, 4.69) is 142 Å². The predicted octanol–water partition coefficient (Wildman–Crippen LogP) is 19.6. The normalized spacial score (nSPS) is 13.0. The monoisotopic (exact) mass is 983 g/mol. The fraction of sp³-hybridized carbons (Fsp3) is 0.646. The van der Waals surface area contributed by atoms with Gasteiger partial charge in [-0.1, -0.05) is 245 Å². The van der Waals surface area contributed by atoms with Crippen molar-refractivity contribution in [1.29, 1.82) is 0 Å². The van der Waals surface area contributed by atoms with E-state index < -0.39 is 6.10 Å². The van der Waals surface area contributed by atoms with E-state index in [-0.39, 0.29) is 31.1 Å². The molecule has 71 heavy (non-hydrogen) atoms. The Kier molecular flexibility index (Phi) is 54.9. The minimum absolute atomic E-state index is 0.0896. The first-order valence-electron chi connectivity index (χ1n) is 29.0. The second-order valence-electron chi connectivity index (χ2n) is 18.8. The number of carbonyl (C=O) groups excluding carboxylic acids is 3. The summed E-state index contributed by atoms with van der Waals surface area (Å²) in [6.45, 7) is 6.31. The van der Waals surface area contributed by atoms with Gasteiger partial charge in [-0.3, -0.25) is 14.4 Å². The van der Waals surface area contributed by atoms with Crippen LogP contribution >= 0.6 is 0 Å². The Morgan fingerprint density at radius 2 is 0.549 bits per heavy atom. The highest BCUT2D eigenvalue weighted by Crippen LogP contribution is 2.15. The Labute approximate surface area is 437 Å². The number of rotatable bonds is 51. The molecule has 0 radical (unpaired) electrons. The molecule has 0 aromatic carbocycles. The lowest BCUT2D eigenvalue weighted by molar-refractivity contribution is -0.167. The number of hydrogen-bond donors (Lipinski definition) is 0. The van der Waals surface area contributed by atoms with Crippen molar-refractivity contribution in [3.05, 3.63) is 122 Å². The molecule has 0 saturated carbocycles. The summed E-state index contributed by atoms with van der Waals surface area (Å²) in [5.41, 5.74) is 0. The minimum atomic E-state index is -0.789. The highest BCUT2D eigenvalue weighted by molar-refractivity contribution is 5.71. The van der Waals surface area contributed by atoms with Gasteiger partial charge in [0.1, 0.15) is 13.2 Å². The number of unbranched alkanes of at least 4 members (excludes halogenated alkanes) is 20. The Bertz CT molecular complexity index is 1500. The van der Waals surface area contributed by atoms with Crippen LogP contribution in [0.5, 0.6) is 0 Å². The van der Waals surface area contributed by atoms with Gasteiger partial charge in [-0.2, -0.15) is 0 Å². The average Bonchev–Trinajstić information content (AvgIpc) is 3.37. The number of hydrogen-bond acceptors (Lipinski definition) is 6. The molecule has 0 saturated heterocycles. The molecule has 1 atom stereocenters. The Morgan fingerprint density at radius 1 is 0.296 bits per heavy atom. The predicted molar refractivity (Wildman–Crippen MR) is 306 cm³/mol. The molecule has 0 amide bonds. The number of ether oxygens (including phenoxy) is 3. The lowest BCUT2D eigenvalue weighted by atomic mass is 10.0. The van der Waals surface area contributed by atoms with Crippen LogP contribution in [0, 0.1) is 0 Å². The maximum absolute atomic E-state index is 12.8. The highest BCUT2D eigenvalue weighted by atomic mass is 16.6. The van der Waals surface area contributed by atoms with E-state index in [0.29, 0.717) is 19.3 Å². The molecule has 0 rings (SSSR count). The summed E-state index contributed by atoms with van der Waals surface area (Å²) >= 11 is 0. The van der Waals surface area contributed by atoms with Gasteiger partial charge in [0.25, 0.3) is 0 Å². The fourth-order valence-electron chi connectivity index (χ4n) is 7.67. The van der Waals surface area contributed by atoms with Crippen molar-refractivity contribution in [3.8, 4) is 0 Å². The molecule has 6 heteroatoms. The van der Waals surface area contributed by atoms with Crippen LogP contribution in [-0.2, 0) is 28.6 Å². The summed E-state index contributed by atoms with van der Waals surface area (Å²) < 4.78 is 16.7. The molecule has 0 bridgehead atoms. The van der Waals surface area contributed by atoms with Crippen LogP contribution in [0.25, 0.3) is 0 Å². The molecule has 6 nitrogen and oxygen atoms in total. The summed E-state index contributed by atoms with van der Waals surface area (Å²) in [6, 6.07) is 0. The van der Waals surface area contributed by atoms with Crippen LogP contribution in [-0.4, -0.2) is 37.2 Å². The van der Waals surface area contributed by atoms with Gasteiger partial charge in [0, 0.05) is 19.3 Å². The first kappa shape index (κ1) is 66.8. The van der Waals surface area contributed by atoms with Gasteiger partial charge in [0.15, 0.2) is 6.10 Å². The van der Waals surface area contributed by atoms with Crippen LogP contribution in [0.1, 0.15) is 252 Å². The second-order valence-corrected chi connectivity index (χ2v) is 18.8. The summed E-state index contributed by atoms with van der Waals surface area (Å²) in [5.74, 6) is -0.927. The van der Waals surface area contributed by atoms with E-state index >= 15 is 0 Å². The maximum atomic E-state index is 12.8. The summed E-state index contributed by atoms with van der Waals surface area (Å²) in [4.78, 5) is 37.8. The number of allylic oxidation sites excluding steroid dienone is 20. The zero-order valence-electron chi connectivity index (χ0n) is 45.9. The Balaban J connectivity index is 4.14. The zero-order valence-corrected chi connectivity index (χ0v) is 45.9. The third-order valence-electron chi connectivity index (χ3n) is 12.0. The molecule has 0 aliphatic heterocycles. The van der Waals surface area contributed by atoms with Crippen LogP contribution in [0.2, 0.25) is 0 Å². The summed E-state index contributed by atoms with van der Waals surface area (Å²) in [6.07, 6.45) is 80.9. The zero-order chi connectivity index (χ0) is 51.4. The SMILES string of the molecule is CC/C=C\C/C=C\C/C=C\C/C=C\C/C=C\CCCCCCCCCCCCCC(=O)OCC(COC(=O)CCCCCCC)OC(=O)CCCCCCC/C=C\C/C=C\C/C=C\C/C=C\C/C=C\CC. The van der Waals surface area contributed by atoms with Crippen molar-refractivity contribution in [2.24, 2.45) is 0 Å². The van der Waals surface area contributed by atoms with Crippen molar-refractivity contribution in [2.75, 3.05) is 13.2 Å². The van der Waals surface area contributed by atoms with E-state index in [0.717, 1.165) is 154 Å². The van der Waals surface area contributed by atoms with Gasteiger partial charge in [-0.05, 0) is 109 Å². The second kappa shape index (κ2) is 58.4. The highest BCUT2D eigenvalue weighted by Gasteiger charge is 2.19. The van der Waals surface area contributed by atoms with Gasteiger partial charge in [-0.15, -0.1) is 0 Å². The molecule has 0 aliphatic carbocycles. The molecule has 0 aromatic heterocycles. The topological polar surface area (TPSA) is 78.9 Å².